The molecule has 3 heteroatoms. The van der Waals surface area contributed by atoms with Crippen LogP contribution in [0.25, 0.3) is 0 Å². The maximum Gasteiger partial charge on any atom is 0.320 e. The molecule has 0 aromatic heterocycles. The fourth-order valence-electron chi connectivity index (χ4n) is 3.03. The molecule has 1 aliphatic rings. The molecule has 1 aromatic carbocycles. The van der Waals surface area contributed by atoms with Crippen LogP contribution in [-0.2, 0) is 0 Å². The van der Waals surface area contributed by atoms with Crippen molar-refractivity contribution in [3.8, 4) is 0 Å². The van der Waals surface area contributed by atoms with Crippen LogP contribution in [0.3, 0.4) is 0 Å². The standard InChI is InChI=1S/C15H22N2O/c1-6-17-9-13(16(5)15(17)18)14-11(3)7-10(2)8-12(14)4/h7-8,13H,6,9H2,1-5H3. The van der Waals surface area contributed by atoms with Crippen LogP contribution in [0.5, 0.6) is 0 Å². The summed E-state index contributed by atoms with van der Waals surface area (Å²) in [5.41, 5.74) is 5.17. The minimum absolute atomic E-state index is 0.141. The number of nitrogens with zero attached hydrogens (tertiary/aromatic N) is 2. The van der Waals surface area contributed by atoms with Crippen molar-refractivity contribution in [2.75, 3.05) is 20.1 Å². The molecule has 3 nitrogen and oxygen atoms in total. The summed E-state index contributed by atoms with van der Waals surface area (Å²) in [6.45, 7) is 10.0. The van der Waals surface area contributed by atoms with Gasteiger partial charge in [0.1, 0.15) is 0 Å². The molecule has 1 saturated heterocycles. The Labute approximate surface area is 109 Å². The predicted octanol–water partition coefficient (Wildman–Crippen LogP) is 3.04. The number of carbonyl (C=O) groups excluding carboxylic acids is 1. The molecular weight excluding hydrogens is 224 g/mol. The van der Waals surface area contributed by atoms with Gasteiger partial charge in [-0.25, -0.2) is 4.79 Å². The minimum Gasteiger partial charge on any atom is -0.323 e. The van der Waals surface area contributed by atoms with E-state index in [1.807, 2.05) is 23.8 Å². The molecule has 1 unspecified atom stereocenters. The first-order valence-corrected chi connectivity index (χ1v) is 6.55. The van der Waals surface area contributed by atoms with Crippen LogP contribution in [-0.4, -0.2) is 36.0 Å². The average Bonchev–Trinajstić information content (AvgIpc) is 2.56. The highest BCUT2D eigenvalue weighted by Gasteiger charge is 2.35. The van der Waals surface area contributed by atoms with Crippen molar-refractivity contribution < 1.29 is 4.79 Å². The van der Waals surface area contributed by atoms with Crippen LogP contribution in [0, 0.1) is 20.8 Å². The Bertz CT molecular complexity index is 458. The molecule has 1 aliphatic heterocycles. The molecule has 0 spiro atoms. The maximum absolute atomic E-state index is 12.1. The quantitative estimate of drug-likeness (QED) is 0.786. The summed E-state index contributed by atoms with van der Waals surface area (Å²) in [4.78, 5) is 15.8. The summed E-state index contributed by atoms with van der Waals surface area (Å²) < 4.78 is 0. The normalized spacial score (nSPS) is 19.8. The largest absolute Gasteiger partial charge is 0.323 e. The second kappa shape index (κ2) is 4.63. The number of likely N-dealkylation sites (N-methyl/N-ethyl adjacent to an activating group) is 2. The van der Waals surface area contributed by atoms with Crippen molar-refractivity contribution in [2.45, 2.75) is 33.7 Å². The van der Waals surface area contributed by atoms with E-state index in [-0.39, 0.29) is 12.1 Å². The third kappa shape index (κ3) is 1.98. The molecule has 2 rings (SSSR count). The predicted molar refractivity (Wildman–Crippen MR) is 73.8 cm³/mol. The van der Waals surface area contributed by atoms with Crippen LogP contribution >= 0.6 is 0 Å². The summed E-state index contributed by atoms with van der Waals surface area (Å²) in [7, 11) is 1.90. The molecule has 0 N–H and O–H groups in total. The van der Waals surface area contributed by atoms with E-state index in [0.29, 0.717) is 0 Å². The van der Waals surface area contributed by atoms with Crippen LogP contribution in [0.1, 0.15) is 35.2 Å². The number of rotatable bonds is 2. The Hall–Kier alpha value is -1.51. The lowest BCUT2D eigenvalue weighted by molar-refractivity contribution is 0.197. The van der Waals surface area contributed by atoms with E-state index < -0.39 is 0 Å². The lowest BCUT2D eigenvalue weighted by atomic mass is 9.94. The number of amides is 2. The zero-order valence-corrected chi connectivity index (χ0v) is 11.9. The minimum atomic E-state index is 0.141. The molecule has 1 fully saturated rings. The highest BCUT2D eigenvalue weighted by atomic mass is 16.2. The number of urea groups is 1. The van der Waals surface area contributed by atoms with E-state index in [2.05, 4.69) is 32.9 Å². The first-order valence-electron chi connectivity index (χ1n) is 6.55. The lowest BCUT2D eigenvalue weighted by Gasteiger charge is -2.22. The van der Waals surface area contributed by atoms with Crippen molar-refractivity contribution in [2.24, 2.45) is 0 Å². The molecule has 0 aliphatic carbocycles. The Balaban J connectivity index is 2.42. The molecule has 1 atom stereocenters. The highest BCUT2D eigenvalue weighted by molar-refractivity contribution is 5.77. The molecule has 1 aromatic rings. The van der Waals surface area contributed by atoms with E-state index in [0.717, 1.165) is 13.1 Å². The Morgan fingerprint density at radius 2 is 1.78 bits per heavy atom. The van der Waals surface area contributed by atoms with E-state index in [1.165, 1.54) is 22.3 Å². The molecule has 18 heavy (non-hydrogen) atoms. The van der Waals surface area contributed by atoms with E-state index >= 15 is 0 Å². The number of carbonyl (C=O) groups is 1. The van der Waals surface area contributed by atoms with Crippen molar-refractivity contribution in [3.05, 3.63) is 34.4 Å². The van der Waals surface area contributed by atoms with Crippen molar-refractivity contribution in [3.63, 3.8) is 0 Å². The first-order chi connectivity index (χ1) is 8.45. The Morgan fingerprint density at radius 1 is 1.22 bits per heavy atom. The van der Waals surface area contributed by atoms with Crippen molar-refractivity contribution in [1.82, 2.24) is 9.80 Å². The van der Waals surface area contributed by atoms with Crippen LogP contribution in [0.4, 0.5) is 4.79 Å². The fourth-order valence-corrected chi connectivity index (χ4v) is 3.03. The summed E-state index contributed by atoms with van der Waals surface area (Å²) in [6.07, 6.45) is 0. The molecule has 0 saturated carbocycles. The van der Waals surface area contributed by atoms with Gasteiger partial charge in [0.2, 0.25) is 0 Å². The second-order valence-electron chi connectivity index (χ2n) is 5.26. The zero-order valence-electron chi connectivity index (χ0n) is 11.9. The molecule has 0 radical (unpaired) electrons. The molecule has 1 heterocycles. The second-order valence-corrected chi connectivity index (χ2v) is 5.26. The Morgan fingerprint density at radius 3 is 2.22 bits per heavy atom. The van der Waals surface area contributed by atoms with Gasteiger partial charge in [0.05, 0.1) is 6.04 Å². The molecule has 2 amide bonds. The summed E-state index contributed by atoms with van der Waals surface area (Å²) >= 11 is 0. The third-order valence-corrected chi connectivity index (χ3v) is 3.89. The summed E-state index contributed by atoms with van der Waals surface area (Å²) in [5.74, 6) is 0. The number of aryl methyl sites for hydroxylation is 3. The zero-order chi connectivity index (χ0) is 13.4. The van der Waals surface area contributed by atoms with Gasteiger partial charge in [0.25, 0.3) is 0 Å². The van der Waals surface area contributed by atoms with E-state index in [4.69, 9.17) is 0 Å². The third-order valence-electron chi connectivity index (χ3n) is 3.89. The number of benzene rings is 1. The smallest absolute Gasteiger partial charge is 0.320 e. The van der Waals surface area contributed by atoms with Crippen molar-refractivity contribution >= 4 is 6.03 Å². The van der Waals surface area contributed by atoms with E-state index in [1.54, 1.807) is 0 Å². The van der Waals surface area contributed by atoms with Crippen molar-refractivity contribution in [1.29, 1.82) is 0 Å². The molecule has 0 bridgehead atoms. The van der Waals surface area contributed by atoms with Crippen LogP contribution in [0.15, 0.2) is 12.1 Å². The summed E-state index contributed by atoms with van der Waals surface area (Å²) in [5, 5.41) is 0. The first kappa shape index (κ1) is 12.9. The van der Waals surface area contributed by atoms with Gasteiger partial charge in [-0.15, -0.1) is 0 Å². The van der Waals surface area contributed by atoms with Gasteiger partial charge in [-0.05, 0) is 44.4 Å². The highest BCUT2D eigenvalue weighted by Crippen LogP contribution is 2.32. The van der Waals surface area contributed by atoms with Gasteiger partial charge in [0.15, 0.2) is 0 Å². The Kier molecular flexibility index (Phi) is 3.33. The monoisotopic (exact) mass is 246 g/mol. The van der Waals surface area contributed by atoms with Gasteiger partial charge in [-0.1, -0.05) is 17.7 Å². The SMILES string of the molecule is CCN1CC(c2c(C)cc(C)cc2C)N(C)C1=O. The van der Waals surface area contributed by atoms with E-state index in [9.17, 15) is 4.79 Å². The van der Waals surface area contributed by atoms with Gasteiger partial charge in [0, 0.05) is 20.1 Å². The van der Waals surface area contributed by atoms with Gasteiger partial charge < -0.3 is 9.80 Å². The van der Waals surface area contributed by atoms with Gasteiger partial charge in [-0.2, -0.15) is 0 Å². The molecular formula is C15H22N2O. The van der Waals surface area contributed by atoms with Gasteiger partial charge in [-0.3, -0.25) is 0 Å². The fraction of sp³-hybridized carbons (Fsp3) is 0.533. The lowest BCUT2D eigenvalue weighted by Crippen LogP contribution is -2.29. The number of hydrogen-bond acceptors (Lipinski definition) is 1. The van der Waals surface area contributed by atoms with Gasteiger partial charge >= 0.3 is 6.03 Å². The number of hydrogen-bond donors (Lipinski definition) is 0. The maximum atomic E-state index is 12.1. The topological polar surface area (TPSA) is 23.6 Å². The average molecular weight is 246 g/mol. The van der Waals surface area contributed by atoms with Crippen LogP contribution in [0.2, 0.25) is 0 Å². The summed E-state index contributed by atoms with van der Waals surface area (Å²) in [6, 6.07) is 4.74. The molecule has 98 valence electrons. The van der Waals surface area contributed by atoms with Crippen LogP contribution < -0.4 is 0 Å².